The summed E-state index contributed by atoms with van der Waals surface area (Å²) in [6.07, 6.45) is 2.09. The van der Waals surface area contributed by atoms with Gasteiger partial charge in [0, 0.05) is 0 Å². The summed E-state index contributed by atoms with van der Waals surface area (Å²) in [7, 11) is -8.30. The zero-order valence-corrected chi connectivity index (χ0v) is 24.1. The average Bonchev–Trinajstić information content (AvgIpc) is 3.31. The maximum atomic E-state index is 13.2. The van der Waals surface area contributed by atoms with Gasteiger partial charge in [-0.05, 0) is 63.2 Å². The predicted octanol–water partition coefficient (Wildman–Crippen LogP) is 2.50. The second kappa shape index (κ2) is 11.0. The van der Waals surface area contributed by atoms with Crippen LogP contribution in [0.5, 0.6) is 5.75 Å². The minimum absolute atomic E-state index is 0.143. The number of rotatable bonds is 8. The first-order valence-corrected chi connectivity index (χ1v) is 15.5. The first kappa shape index (κ1) is 29.8. The first-order valence-electron chi connectivity index (χ1n) is 12.1. The van der Waals surface area contributed by atoms with Crippen LogP contribution in [0.15, 0.2) is 59.8 Å². The van der Waals surface area contributed by atoms with Crippen molar-refractivity contribution in [1.29, 1.82) is 0 Å². The van der Waals surface area contributed by atoms with Crippen LogP contribution in [-0.2, 0) is 24.8 Å². The summed E-state index contributed by atoms with van der Waals surface area (Å²) in [6, 6.07) is 9.04. The summed E-state index contributed by atoms with van der Waals surface area (Å²) in [4.78, 5) is 26.1. The summed E-state index contributed by atoms with van der Waals surface area (Å²) >= 11 is 0. The molecule has 41 heavy (non-hydrogen) atoms. The average molecular weight is 610 g/mol. The molecule has 4 rings (SSSR count). The van der Waals surface area contributed by atoms with Crippen molar-refractivity contribution in [2.24, 2.45) is 0 Å². The highest BCUT2D eigenvalue weighted by molar-refractivity contribution is 7.92. The van der Waals surface area contributed by atoms with E-state index in [1.165, 1.54) is 58.2 Å². The van der Waals surface area contributed by atoms with Gasteiger partial charge in [-0.2, -0.15) is 5.10 Å². The molecular weight excluding hydrogens is 581 g/mol. The number of benzene rings is 2. The molecule has 3 aromatic rings. The van der Waals surface area contributed by atoms with Crippen LogP contribution in [0.25, 0.3) is 5.69 Å². The van der Waals surface area contributed by atoms with E-state index in [1.807, 2.05) is 4.72 Å². The van der Waals surface area contributed by atoms with Crippen LogP contribution in [0, 0.1) is 5.82 Å². The standard InChI is InChI=1S/C25H28FN5O8S2/c1-25(2,3)39-24(33)30-13-19(14-30)38-18-9-10-22(21(11-18)23(32)29-40(4,34)35)28-41(36,37)20-12-27-31(15-20)17-7-5-16(26)6-8-17/h5-12,15,19,28H,13-14H2,1-4H3,(H,29,32). The minimum atomic E-state index is -4.31. The Kier molecular flexibility index (Phi) is 8.00. The monoisotopic (exact) mass is 609 g/mol. The molecule has 220 valence electrons. The van der Waals surface area contributed by atoms with Crippen molar-refractivity contribution in [3.63, 3.8) is 0 Å². The fourth-order valence-electron chi connectivity index (χ4n) is 3.66. The fourth-order valence-corrected chi connectivity index (χ4v) is 5.12. The Bertz CT molecular complexity index is 1680. The van der Waals surface area contributed by atoms with E-state index in [9.17, 15) is 30.8 Å². The first-order chi connectivity index (χ1) is 19.0. The van der Waals surface area contributed by atoms with Crippen molar-refractivity contribution in [2.75, 3.05) is 24.1 Å². The number of sulfonamides is 2. The molecule has 1 aliphatic heterocycles. The Hall–Kier alpha value is -4.18. The van der Waals surface area contributed by atoms with Gasteiger partial charge in [-0.25, -0.2) is 35.4 Å². The van der Waals surface area contributed by atoms with E-state index in [1.54, 1.807) is 20.8 Å². The van der Waals surface area contributed by atoms with Crippen LogP contribution in [0.2, 0.25) is 0 Å². The zero-order valence-electron chi connectivity index (χ0n) is 22.5. The van der Waals surface area contributed by atoms with E-state index in [0.29, 0.717) is 5.69 Å². The lowest BCUT2D eigenvalue weighted by Crippen LogP contribution is -2.57. The normalized spacial score (nSPS) is 14.2. The third-order valence-electron chi connectivity index (χ3n) is 5.52. The zero-order chi connectivity index (χ0) is 30.2. The highest BCUT2D eigenvalue weighted by Crippen LogP contribution is 2.28. The van der Waals surface area contributed by atoms with Crippen molar-refractivity contribution in [1.82, 2.24) is 19.4 Å². The number of carbonyl (C=O) groups is 2. The summed E-state index contributed by atoms with van der Waals surface area (Å²) in [5, 5.41) is 3.99. The lowest BCUT2D eigenvalue weighted by Gasteiger charge is -2.39. The number of ether oxygens (including phenoxy) is 2. The van der Waals surface area contributed by atoms with E-state index in [4.69, 9.17) is 9.47 Å². The topological polar surface area (TPSA) is 166 Å². The fraction of sp³-hybridized carbons (Fsp3) is 0.320. The van der Waals surface area contributed by atoms with Gasteiger partial charge in [0.2, 0.25) is 10.0 Å². The van der Waals surface area contributed by atoms with Gasteiger partial charge in [0.1, 0.15) is 28.2 Å². The lowest BCUT2D eigenvalue weighted by atomic mass is 10.1. The van der Waals surface area contributed by atoms with E-state index in [-0.39, 0.29) is 35.0 Å². The molecule has 0 spiro atoms. The number of halogens is 1. The maximum Gasteiger partial charge on any atom is 0.410 e. The number of nitrogens with one attached hydrogen (secondary N) is 2. The second-order valence-corrected chi connectivity index (χ2v) is 13.7. The number of anilines is 1. The molecule has 0 unspecified atom stereocenters. The van der Waals surface area contributed by atoms with Crippen molar-refractivity contribution >= 4 is 37.7 Å². The summed E-state index contributed by atoms with van der Waals surface area (Å²) in [5.41, 5.74) is -0.806. The number of carbonyl (C=O) groups excluding carboxylic acids is 2. The molecule has 1 aliphatic rings. The Morgan fingerprint density at radius 2 is 1.71 bits per heavy atom. The molecule has 2 amide bonds. The molecule has 2 heterocycles. The van der Waals surface area contributed by atoms with Gasteiger partial charge in [0.15, 0.2) is 0 Å². The summed E-state index contributed by atoms with van der Waals surface area (Å²) < 4.78 is 79.4. The minimum Gasteiger partial charge on any atom is -0.487 e. The molecule has 0 atom stereocenters. The van der Waals surface area contributed by atoms with E-state index >= 15 is 0 Å². The number of hydrogen-bond acceptors (Lipinski definition) is 9. The molecule has 0 radical (unpaired) electrons. The van der Waals surface area contributed by atoms with Gasteiger partial charge in [-0.15, -0.1) is 0 Å². The van der Waals surface area contributed by atoms with Gasteiger partial charge in [-0.1, -0.05) is 0 Å². The molecular formula is C25H28FN5O8S2. The molecule has 1 aromatic heterocycles. The predicted molar refractivity (Wildman–Crippen MR) is 145 cm³/mol. The smallest absolute Gasteiger partial charge is 0.410 e. The number of amides is 2. The molecule has 1 saturated heterocycles. The third-order valence-corrected chi connectivity index (χ3v) is 7.40. The van der Waals surface area contributed by atoms with Gasteiger partial charge < -0.3 is 14.4 Å². The molecule has 1 fully saturated rings. The molecule has 0 saturated carbocycles. The van der Waals surface area contributed by atoms with E-state index < -0.39 is 49.6 Å². The third kappa shape index (κ3) is 7.73. The van der Waals surface area contributed by atoms with Gasteiger partial charge in [0.05, 0.1) is 48.7 Å². The van der Waals surface area contributed by atoms with Crippen LogP contribution in [-0.4, -0.2) is 74.6 Å². The highest BCUT2D eigenvalue weighted by atomic mass is 32.2. The van der Waals surface area contributed by atoms with E-state index in [2.05, 4.69) is 9.82 Å². The van der Waals surface area contributed by atoms with Crippen LogP contribution in [0.1, 0.15) is 31.1 Å². The second-order valence-electron chi connectivity index (χ2n) is 10.2. The summed E-state index contributed by atoms with van der Waals surface area (Å²) in [6.45, 7) is 5.66. The molecule has 2 N–H and O–H groups in total. The molecule has 2 aromatic carbocycles. The lowest BCUT2D eigenvalue weighted by molar-refractivity contribution is -0.0221. The molecule has 13 nitrogen and oxygen atoms in total. The number of nitrogens with zero attached hydrogens (tertiary/aromatic N) is 3. The molecule has 0 aliphatic carbocycles. The number of likely N-dealkylation sites (tertiary alicyclic amines) is 1. The van der Waals surface area contributed by atoms with Crippen molar-refractivity contribution in [3.8, 4) is 11.4 Å². The van der Waals surface area contributed by atoms with Crippen molar-refractivity contribution in [3.05, 3.63) is 66.2 Å². The van der Waals surface area contributed by atoms with Gasteiger partial charge >= 0.3 is 6.09 Å². The quantitative estimate of drug-likeness (QED) is 0.390. The van der Waals surface area contributed by atoms with Crippen LogP contribution < -0.4 is 14.2 Å². The summed E-state index contributed by atoms with van der Waals surface area (Å²) in [5.74, 6) is -1.42. The largest absolute Gasteiger partial charge is 0.487 e. The highest BCUT2D eigenvalue weighted by Gasteiger charge is 2.35. The Balaban J connectivity index is 1.54. The van der Waals surface area contributed by atoms with Crippen molar-refractivity contribution in [2.45, 2.75) is 37.4 Å². The van der Waals surface area contributed by atoms with Crippen LogP contribution in [0.4, 0.5) is 14.9 Å². The molecule has 0 bridgehead atoms. The van der Waals surface area contributed by atoms with Crippen LogP contribution >= 0.6 is 0 Å². The van der Waals surface area contributed by atoms with Crippen molar-refractivity contribution < 1.29 is 40.3 Å². The Labute approximate surface area is 236 Å². The Morgan fingerprint density at radius 3 is 2.32 bits per heavy atom. The van der Waals surface area contributed by atoms with Gasteiger partial charge in [-0.3, -0.25) is 9.52 Å². The van der Waals surface area contributed by atoms with E-state index in [0.717, 1.165) is 12.5 Å². The number of aromatic nitrogens is 2. The van der Waals surface area contributed by atoms with Crippen LogP contribution in [0.3, 0.4) is 0 Å². The SMILES string of the molecule is CC(C)(C)OC(=O)N1CC(Oc2ccc(NS(=O)(=O)c3cnn(-c4ccc(F)cc4)c3)c(C(=O)NS(C)(=O)=O)c2)C1. The number of hydrogen-bond donors (Lipinski definition) is 2. The molecule has 16 heteroatoms. The van der Waals surface area contributed by atoms with Gasteiger partial charge in [0.25, 0.3) is 15.9 Å². The maximum absolute atomic E-state index is 13.2. The Morgan fingerprint density at radius 1 is 1.05 bits per heavy atom.